The number of rotatable bonds is 4. The molecule has 9 nitrogen and oxygen atoms in total. The summed E-state index contributed by atoms with van der Waals surface area (Å²) < 4.78 is 0. The van der Waals surface area contributed by atoms with Gasteiger partial charge in [0.25, 0.3) is 11.8 Å². The van der Waals surface area contributed by atoms with Crippen molar-refractivity contribution in [1.82, 2.24) is 20.4 Å². The van der Waals surface area contributed by atoms with Crippen LogP contribution in [0.3, 0.4) is 0 Å². The van der Waals surface area contributed by atoms with E-state index >= 15 is 0 Å². The minimum absolute atomic E-state index is 0.125. The van der Waals surface area contributed by atoms with Crippen molar-refractivity contribution >= 4 is 29.3 Å². The first-order valence-electron chi connectivity index (χ1n) is 12.6. The van der Waals surface area contributed by atoms with Crippen LogP contribution >= 0.6 is 0 Å². The van der Waals surface area contributed by atoms with E-state index in [2.05, 4.69) is 20.4 Å². The monoisotopic (exact) mass is 465 g/mol. The number of anilines is 1. The van der Waals surface area contributed by atoms with Crippen molar-refractivity contribution < 1.29 is 19.2 Å². The fourth-order valence-electron chi connectivity index (χ4n) is 6.49. The van der Waals surface area contributed by atoms with Gasteiger partial charge in [0.2, 0.25) is 11.8 Å². The molecule has 0 aliphatic carbocycles. The first-order valence-corrected chi connectivity index (χ1v) is 12.6. The molecule has 6 heterocycles. The van der Waals surface area contributed by atoms with E-state index in [-0.39, 0.29) is 18.7 Å². The highest BCUT2D eigenvalue weighted by atomic mass is 16.2. The van der Waals surface area contributed by atoms with Crippen LogP contribution in [0.15, 0.2) is 18.2 Å². The van der Waals surface area contributed by atoms with Crippen molar-refractivity contribution in [2.45, 2.75) is 56.7 Å². The standard InChI is InChI=1S/C25H31N5O4/c31-22-6-5-21(23(32)27-22)30-24(33)19-4-3-16(11-20(19)25(30)34)29-14-17-1-2-18(29)13-28(17)12-15-7-9-26-10-8-15/h3-4,11,15,17-18,21,26H,1-2,5-10,12-14H2,(H,27,31,32). The second-order valence-electron chi connectivity index (χ2n) is 10.4. The van der Waals surface area contributed by atoms with Crippen molar-refractivity contribution in [3.05, 3.63) is 29.3 Å². The van der Waals surface area contributed by atoms with E-state index in [1.807, 2.05) is 12.1 Å². The van der Waals surface area contributed by atoms with E-state index in [1.165, 1.54) is 25.8 Å². The number of piperazine rings is 1. The Hall–Kier alpha value is -2.78. The average molecular weight is 466 g/mol. The van der Waals surface area contributed by atoms with Crippen LogP contribution in [0.4, 0.5) is 5.69 Å². The van der Waals surface area contributed by atoms with Crippen LogP contribution < -0.4 is 15.5 Å². The molecule has 5 fully saturated rings. The lowest BCUT2D eigenvalue weighted by atomic mass is 9.87. The first-order chi connectivity index (χ1) is 16.5. The number of nitrogens with one attached hydrogen (secondary N) is 2. The van der Waals surface area contributed by atoms with Crippen molar-refractivity contribution in [3.63, 3.8) is 0 Å². The molecule has 2 N–H and O–H groups in total. The predicted octanol–water partition coefficient (Wildman–Crippen LogP) is 0.740. The van der Waals surface area contributed by atoms with Gasteiger partial charge in [0.05, 0.1) is 11.1 Å². The fourth-order valence-corrected chi connectivity index (χ4v) is 6.49. The summed E-state index contributed by atoms with van der Waals surface area (Å²) in [5, 5.41) is 5.70. The average Bonchev–Trinajstić information content (AvgIpc) is 3.10. The zero-order chi connectivity index (χ0) is 23.4. The Bertz CT molecular complexity index is 1050. The molecule has 0 spiro atoms. The summed E-state index contributed by atoms with van der Waals surface area (Å²) in [4.78, 5) is 56.1. The summed E-state index contributed by atoms with van der Waals surface area (Å²) in [5.74, 6) is -1.06. The Morgan fingerprint density at radius 3 is 2.35 bits per heavy atom. The molecule has 0 saturated carbocycles. The molecule has 6 aliphatic rings. The highest BCUT2D eigenvalue weighted by Gasteiger charge is 2.45. The Kier molecular flexibility index (Phi) is 5.41. The summed E-state index contributed by atoms with van der Waals surface area (Å²) in [5.41, 5.74) is 1.68. The maximum absolute atomic E-state index is 13.2. The third kappa shape index (κ3) is 3.62. The van der Waals surface area contributed by atoms with E-state index in [1.54, 1.807) is 6.07 Å². The number of hydrogen-bond acceptors (Lipinski definition) is 7. The molecular weight excluding hydrogens is 434 g/mol. The second kappa shape index (κ2) is 8.46. The third-order valence-electron chi connectivity index (χ3n) is 8.35. The third-order valence-corrected chi connectivity index (χ3v) is 8.35. The van der Waals surface area contributed by atoms with Gasteiger partial charge in [-0.2, -0.15) is 0 Å². The number of carbonyl (C=O) groups is 4. The molecule has 0 aromatic heterocycles. The van der Waals surface area contributed by atoms with Gasteiger partial charge in [0.15, 0.2) is 0 Å². The number of carbonyl (C=O) groups excluding carboxylic acids is 4. The Morgan fingerprint density at radius 2 is 1.62 bits per heavy atom. The largest absolute Gasteiger partial charge is 0.366 e. The summed E-state index contributed by atoms with van der Waals surface area (Å²) in [7, 11) is 0. The number of hydrogen-bond donors (Lipinski definition) is 2. The minimum atomic E-state index is -0.928. The Morgan fingerprint density at radius 1 is 0.853 bits per heavy atom. The first kappa shape index (κ1) is 21.7. The molecule has 1 aromatic carbocycles. The highest BCUT2D eigenvalue weighted by molar-refractivity contribution is 6.23. The van der Waals surface area contributed by atoms with Crippen LogP contribution in [0.25, 0.3) is 0 Å². The lowest BCUT2D eigenvalue weighted by Crippen LogP contribution is -2.63. The van der Waals surface area contributed by atoms with Crippen molar-refractivity contribution in [1.29, 1.82) is 0 Å². The molecular formula is C25H31N5O4. The van der Waals surface area contributed by atoms with Crippen LogP contribution in [0.1, 0.15) is 59.2 Å². The van der Waals surface area contributed by atoms with Gasteiger partial charge in [-0.25, -0.2) is 0 Å². The molecule has 180 valence electrons. The molecule has 3 atom stereocenters. The molecule has 7 rings (SSSR count). The summed E-state index contributed by atoms with van der Waals surface area (Å²) in [6, 6.07) is 5.50. The van der Waals surface area contributed by atoms with Gasteiger partial charge in [-0.1, -0.05) is 0 Å². The highest BCUT2D eigenvalue weighted by Crippen LogP contribution is 2.36. The molecule has 9 heteroatoms. The van der Waals surface area contributed by atoms with Crippen LogP contribution in [0, 0.1) is 5.92 Å². The van der Waals surface area contributed by atoms with Crippen LogP contribution in [0.5, 0.6) is 0 Å². The summed E-state index contributed by atoms with van der Waals surface area (Å²) in [6.07, 6.45) is 5.15. The van der Waals surface area contributed by atoms with Crippen molar-refractivity contribution in [2.75, 3.05) is 37.6 Å². The van der Waals surface area contributed by atoms with Crippen LogP contribution in [-0.2, 0) is 9.59 Å². The predicted molar refractivity (Wildman–Crippen MR) is 124 cm³/mol. The minimum Gasteiger partial charge on any atom is -0.366 e. The lowest BCUT2D eigenvalue weighted by molar-refractivity contribution is -0.136. The molecule has 3 unspecified atom stereocenters. The van der Waals surface area contributed by atoms with Crippen molar-refractivity contribution in [3.8, 4) is 0 Å². The van der Waals surface area contributed by atoms with Gasteiger partial charge in [-0.15, -0.1) is 0 Å². The topological polar surface area (TPSA) is 102 Å². The SMILES string of the molecule is O=C1CCC(N2C(=O)c3ccc(N4CC5CCC4CN5CC4CCNCC4)cc3C2=O)C(=O)N1. The van der Waals surface area contributed by atoms with E-state index in [9.17, 15) is 19.2 Å². The van der Waals surface area contributed by atoms with E-state index in [0.29, 0.717) is 23.2 Å². The Labute approximate surface area is 198 Å². The number of fused-ring (bicyclic) bond motifs is 4. The molecule has 1 aromatic rings. The quantitative estimate of drug-likeness (QED) is 0.633. The number of nitrogens with zero attached hydrogens (tertiary/aromatic N) is 3. The fraction of sp³-hybridized carbons (Fsp3) is 0.600. The number of piperidine rings is 4. The molecule has 0 radical (unpaired) electrons. The zero-order valence-corrected chi connectivity index (χ0v) is 19.3. The second-order valence-corrected chi connectivity index (χ2v) is 10.4. The number of benzene rings is 1. The van der Waals surface area contributed by atoms with Gasteiger partial charge in [0, 0.05) is 43.8 Å². The van der Waals surface area contributed by atoms with Gasteiger partial charge in [-0.05, 0) is 69.3 Å². The van der Waals surface area contributed by atoms with Crippen molar-refractivity contribution in [2.24, 2.45) is 5.92 Å². The normalized spacial score (nSPS) is 30.2. The number of amides is 4. The van der Waals surface area contributed by atoms with Gasteiger partial charge < -0.3 is 10.2 Å². The Balaban J connectivity index is 1.19. The maximum atomic E-state index is 13.2. The molecule has 34 heavy (non-hydrogen) atoms. The van der Waals surface area contributed by atoms with Gasteiger partial charge >= 0.3 is 0 Å². The lowest BCUT2D eigenvalue weighted by Gasteiger charge is -2.53. The summed E-state index contributed by atoms with van der Waals surface area (Å²) in [6.45, 7) is 5.40. The molecule has 6 aliphatic heterocycles. The van der Waals surface area contributed by atoms with Crippen LogP contribution in [-0.4, -0.2) is 84.3 Å². The van der Waals surface area contributed by atoms with Gasteiger partial charge in [-0.3, -0.25) is 34.3 Å². The van der Waals surface area contributed by atoms with E-state index in [4.69, 9.17) is 0 Å². The molecule has 2 bridgehead atoms. The summed E-state index contributed by atoms with van der Waals surface area (Å²) >= 11 is 0. The zero-order valence-electron chi connectivity index (χ0n) is 19.3. The number of imide groups is 2. The van der Waals surface area contributed by atoms with E-state index < -0.39 is 23.8 Å². The maximum Gasteiger partial charge on any atom is 0.262 e. The molecule has 4 amide bonds. The van der Waals surface area contributed by atoms with Gasteiger partial charge in [0.1, 0.15) is 6.04 Å². The van der Waals surface area contributed by atoms with E-state index in [0.717, 1.165) is 49.1 Å². The molecule has 5 saturated heterocycles. The van der Waals surface area contributed by atoms with Crippen LogP contribution in [0.2, 0.25) is 0 Å². The smallest absolute Gasteiger partial charge is 0.262 e.